The van der Waals surface area contributed by atoms with E-state index in [0.29, 0.717) is 32.1 Å². The summed E-state index contributed by atoms with van der Waals surface area (Å²) in [6.07, 6.45) is 48.0. The maximum absolute atomic E-state index is 12.6. The molecule has 0 aliphatic heterocycles. The van der Waals surface area contributed by atoms with Crippen LogP contribution in [0.5, 0.6) is 0 Å². The molecule has 0 saturated heterocycles. The molecule has 0 amide bonds. The topological polar surface area (TPSA) is 192 Å². The number of phosphoric ester groups is 1. The lowest BCUT2D eigenvalue weighted by molar-refractivity contribution is -0.161. The van der Waals surface area contributed by atoms with Gasteiger partial charge in [0.05, 0.1) is 19.3 Å². The van der Waals surface area contributed by atoms with Crippen molar-refractivity contribution in [2.75, 3.05) is 19.8 Å². The molecular formula is C46H72NO11P. The van der Waals surface area contributed by atoms with Crippen molar-refractivity contribution in [2.45, 2.75) is 141 Å². The minimum atomic E-state index is -4.76. The Balaban J connectivity index is 4.62. The molecular weight excluding hydrogens is 773 g/mol. The summed E-state index contributed by atoms with van der Waals surface area (Å²) in [4.78, 5) is 45.9. The average molecular weight is 846 g/mol. The molecule has 0 rings (SSSR count). The molecule has 4 atom stereocenters. The SMILES string of the molecule is CC/C=C\C/C=C\C/C=C\C/C=C\C/C=C\CCCC(=O)O[C@H](COC(=O)CCC/C=C\C/C=C\C/C=C\C/C=C\CC(O)CCC)COP(=O)(O)OC[C@H](N)C(=O)O. The Hall–Kier alpha value is -3.90. The standard InChI is InChI=1S/C46H72NO11P/c1-3-5-6-7-8-9-10-11-12-13-14-17-21-24-27-30-33-37-45(50)58-42(39-56-59(53,54)57-40-43(47)46(51)52)38-55-44(49)36-32-29-26-23-20-18-15-16-19-22-25-28-31-35-41(48)34-4-2/h5-6,8-9,11-12,14-15,17-19,22-24,26-28,31,41-43,48H,3-4,7,10,13,16,20-21,25,29-30,32-40,47H2,1-2H3,(H,51,52)(H,53,54)/b6-5-,9-8-,12-11-,17-14-,18-15-,22-19-,26-23-,27-24-,31-28-/t41?,42-,43+/m1/s1. The number of carboxylic acids is 1. The van der Waals surface area contributed by atoms with E-state index in [9.17, 15) is 28.9 Å². The van der Waals surface area contributed by atoms with Crippen LogP contribution in [0, 0.1) is 0 Å². The van der Waals surface area contributed by atoms with Gasteiger partial charge in [0.1, 0.15) is 12.6 Å². The van der Waals surface area contributed by atoms with Crippen LogP contribution in [0.2, 0.25) is 0 Å². The molecule has 5 N–H and O–H groups in total. The van der Waals surface area contributed by atoms with Crippen LogP contribution in [0.3, 0.4) is 0 Å². The molecule has 12 nitrogen and oxygen atoms in total. The second-order valence-electron chi connectivity index (χ2n) is 13.6. The van der Waals surface area contributed by atoms with E-state index in [2.05, 4.69) is 97.4 Å². The second-order valence-corrected chi connectivity index (χ2v) is 15.0. The number of nitrogens with two attached hydrogens (primary N) is 1. The zero-order valence-corrected chi connectivity index (χ0v) is 36.3. The lowest BCUT2D eigenvalue weighted by Gasteiger charge is -2.20. The van der Waals surface area contributed by atoms with E-state index in [-0.39, 0.29) is 18.9 Å². The fraction of sp³-hybridized carbons (Fsp3) is 0.543. The summed E-state index contributed by atoms with van der Waals surface area (Å²) in [5.41, 5.74) is 5.32. The van der Waals surface area contributed by atoms with Gasteiger partial charge < -0.3 is 30.3 Å². The summed E-state index contributed by atoms with van der Waals surface area (Å²) in [5.74, 6) is -2.57. The van der Waals surface area contributed by atoms with Gasteiger partial charge in [-0.3, -0.25) is 23.4 Å². The van der Waals surface area contributed by atoms with Crippen molar-refractivity contribution in [2.24, 2.45) is 5.73 Å². The number of aliphatic carboxylic acids is 1. The molecule has 0 aliphatic rings. The van der Waals surface area contributed by atoms with Crippen molar-refractivity contribution in [3.05, 3.63) is 109 Å². The molecule has 0 spiro atoms. The van der Waals surface area contributed by atoms with Gasteiger partial charge in [0, 0.05) is 12.8 Å². The van der Waals surface area contributed by atoms with Gasteiger partial charge in [-0.25, -0.2) is 4.57 Å². The van der Waals surface area contributed by atoms with Gasteiger partial charge >= 0.3 is 25.7 Å². The van der Waals surface area contributed by atoms with Crippen molar-refractivity contribution < 1.29 is 52.6 Å². The number of unbranched alkanes of at least 4 members (excludes halogenated alkanes) is 2. The third-order valence-electron chi connectivity index (χ3n) is 8.06. The summed E-state index contributed by atoms with van der Waals surface area (Å²) in [7, 11) is -4.76. The molecule has 0 aromatic heterocycles. The number of carbonyl (C=O) groups is 3. The number of rotatable bonds is 37. The summed E-state index contributed by atoms with van der Waals surface area (Å²) in [6, 6.07) is -1.55. The molecule has 0 aliphatic carbocycles. The van der Waals surface area contributed by atoms with Gasteiger partial charge in [-0.2, -0.15) is 0 Å². The van der Waals surface area contributed by atoms with E-state index in [0.717, 1.165) is 64.2 Å². The Kier molecular flexibility index (Phi) is 36.9. The minimum Gasteiger partial charge on any atom is -0.480 e. The molecule has 0 saturated carbocycles. The molecule has 0 heterocycles. The maximum atomic E-state index is 12.6. The number of aliphatic hydroxyl groups is 1. The zero-order valence-electron chi connectivity index (χ0n) is 35.4. The molecule has 59 heavy (non-hydrogen) atoms. The first-order chi connectivity index (χ1) is 28.5. The van der Waals surface area contributed by atoms with Gasteiger partial charge in [-0.1, -0.05) is 130 Å². The van der Waals surface area contributed by atoms with Crippen molar-refractivity contribution >= 4 is 25.7 Å². The monoisotopic (exact) mass is 845 g/mol. The quantitative estimate of drug-likeness (QED) is 0.0201. The molecule has 0 bridgehead atoms. The van der Waals surface area contributed by atoms with E-state index < -0.39 is 57.7 Å². The number of carboxylic acid groups (broad SMARTS) is 1. The van der Waals surface area contributed by atoms with Crippen molar-refractivity contribution in [1.29, 1.82) is 0 Å². The highest BCUT2D eigenvalue weighted by molar-refractivity contribution is 7.47. The van der Waals surface area contributed by atoms with E-state index in [1.807, 2.05) is 30.4 Å². The first-order valence-corrected chi connectivity index (χ1v) is 22.5. The van der Waals surface area contributed by atoms with Gasteiger partial charge in [-0.05, 0) is 89.9 Å². The van der Waals surface area contributed by atoms with Crippen LogP contribution < -0.4 is 5.73 Å². The van der Waals surface area contributed by atoms with Crippen molar-refractivity contribution in [3.8, 4) is 0 Å². The highest BCUT2D eigenvalue weighted by atomic mass is 31.2. The number of aliphatic hydroxyl groups excluding tert-OH is 1. The van der Waals surface area contributed by atoms with E-state index in [1.54, 1.807) is 0 Å². The number of allylic oxidation sites excluding steroid dienone is 17. The fourth-order valence-electron chi connectivity index (χ4n) is 4.81. The number of hydrogen-bond donors (Lipinski definition) is 4. The Morgan fingerprint density at radius 1 is 0.610 bits per heavy atom. The fourth-order valence-corrected chi connectivity index (χ4v) is 5.59. The van der Waals surface area contributed by atoms with E-state index in [4.69, 9.17) is 24.8 Å². The lowest BCUT2D eigenvalue weighted by Crippen LogP contribution is -2.34. The van der Waals surface area contributed by atoms with Crippen molar-refractivity contribution in [3.63, 3.8) is 0 Å². The Morgan fingerprint density at radius 2 is 1.03 bits per heavy atom. The van der Waals surface area contributed by atoms with E-state index in [1.165, 1.54) is 0 Å². The van der Waals surface area contributed by atoms with E-state index >= 15 is 0 Å². The molecule has 0 aromatic rings. The van der Waals surface area contributed by atoms with Gasteiger partial charge in [-0.15, -0.1) is 0 Å². The number of ether oxygens (including phenoxy) is 2. The van der Waals surface area contributed by atoms with Crippen LogP contribution in [0.15, 0.2) is 109 Å². The Bertz CT molecular complexity index is 1430. The van der Waals surface area contributed by atoms with Crippen LogP contribution in [0.25, 0.3) is 0 Å². The molecule has 332 valence electrons. The highest BCUT2D eigenvalue weighted by Gasteiger charge is 2.28. The largest absolute Gasteiger partial charge is 0.480 e. The summed E-state index contributed by atoms with van der Waals surface area (Å²) in [5, 5.41) is 18.6. The number of carbonyl (C=O) groups excluding carboxylic acids is 2. The first-order valence-electron chi connectivity index (χ1n) is 21.0. The molecule has 13 heteroatoms. The first kappa shape index (κ1) is 55.1. The van der Waals surface area contributed by atoms with Crippen LogP contribution in [0.4, 0.5) is 0 Å². The van der Waals surface area contributed by atoms with Crippen LogP contribution in [0.1, 0.15) is 123 Å². The highest BCUT2D eigenvalue weighted by Crippen LogP contribution is 2.43. The second kappa shape index (κ2) is 39.6. The van der Waals surface area contributed by atoms with Gasteiger partial charge in [0.15, 0.2) is 6.10 Å². The number of esters is 2. The molecule has 0 radical (unpaired) electrons. The maximum Gasteiger partial charge on any atom is 0.472 e. The average Bonchev–Trinajstić information content (AvgIpc) is 3.20. The number of phosphoric acid groups is 1. The van der Waals surface area contributed by atoms with Gasteiger partial charge in [0.25, 0.3) is 0 Å². The molecule has 0 aromatic carbocycles. The Morgan fingerprint density at radius 3 is 1.49 bits per heavy atom. The lowest BCUT2D eigenvalue weighted by atomic mass is 10.1. The summed E-state index contributed by atoms with van der Waals surface area (Å²) in [6.45, 7) is 2.34. The van der Waals surface area contributed by atoms with Crippen molar-refractivity contribution in [1.82, 2.24) is 0 Å². The van der Waals surface area contributed by atoms with Gasteiger partial charge in [0.2, 0.25) is 0 Å². The predicted octanol–water partition coefficient (Wildman–Crippen LogP) is 10.0. The number of hydrogen-bond acceptors (Lipinski definition) is 10. The predicted molar refractivity (Wildman–Crippen MR) is 236 cm³/mol. The van der Waals surface area contributed by atoms with Crippen LogP contribution in [-0.4, -0.2) is 71.1 Å². The normalized spacial score (nSPS) is 15.3. The third-order valence-corrected chi connectivity index (χ3v) is 9.01. The van der Waals surface area contributed by atoms with Crippen LogP contribution in [-0.2, 0) is 37.5 Å². The molecule has 2 unspecified atom stereocenters. The smallest absolute Gasteiger partial charge is 0.472 e. The summed E-state index contributed by atoms with van der Waals surface area (Å²) < 4.78 is 32.5. The summed E-state index contributed by atoms with van der Waals surface area (Å²) >= 11 is 0. The minimum absolute atomic E-state index is 0.0566. The van der Waals surface area contributed by atoms with Crippen LogP contribution >= 0.6 is 7.82 Å². The third kappa shape index (κ3) is 39.3. The zero-order chi connectivity index (χ0) is 43.7. The molecule has 0 fully saturated rings. The Labute approximate surface area is 353 Å².